The van der Waals surface area contributed by atoms with E-state index in [9.17, 15) is 14.4 Å². The molecule has 0 saturated carbocycles. The molecule has 24 heavy (non-hydrogen) atoms. The predicted molar refractivity (Wildman–Crippen MR) is 85.0 cm³/mol. The lowest BCUT2D eigenvalue weighted by Crippen LogP contribution is -2.40. The van der Waals surface area contributed by atoms with Crippen molar-refractivity contribution in [3.8, 4) is 0 Å². The highest BCUT2D eigenvalue weighted by molar-refractivity contribution is 6.04. The maximum absolute atomic E-state index is 11.8. The second-order valence-electron chi connectivity index (χ2n) is 5.88. The second kappa shape index (κ2) is 6.77. The van der Waals surface area contributed by atoms with Gasteiger partial charge in [-0.15, -0.1) is 0 Å². The summed E-state index contributed by atoms with van der Waals surface area (Å²) in [6.07, 6.45) is 5.63. The van der Waals surface area contributed by atoms with Gasteiger partial charge in [0.15, 0.2) is 5.65 Å². The topological polar surface area (TPSA) is 96.7 Å². The van der Waals surface area contributed by atoms with Crippen LogP contribution in [0.4, 0.5) is 0 Å². The number of hydrogen-bond acceptors (Lipinski definition) is 5. The minimum absolute atomic E-state index is 0.183. The van der Waals surface area contributed by atoms with Crippen molar-refractivity contribution in [1.82, 2.24) is 24.8 Å². The molecule has 0 radical (unpaired) electrons. The third-order valence-corrected chi connectivity index (χ3v) is 3.91. The third kappa shape index (κ3) is 3.58. The van der Waals surface area contributed by atoms with E-state index < -0.39 is 0 Å². The van der Waals surface area contributed by atoms with Crippen molar-refractivity contribution in [3.63, 3.8) is 0 Å². The van der Waals surface area contributed by atoms with Crippen LogP contribution < -0.4 is 5.32 Å². The predicted octanol–water partition coefficient (Wildman–Crippen LogP) is 0.236. The first-order valence-corrected chi connectivity index (χ1v) is 7.94. The van der Waals surface area contributed by atoms with Crippen LogP contribution in [0.2, 0.25) is 0 Å². The van der Waals surface area contributed by atoms with Crippen molar-refractivity contribution >= 4 is 23.4 Å². The van der Waals surface area contributed by atoms with Gasteiger partial charge in [0, 0.05) is 37.8 Å². The van der Waals surface area contributed by atoms with Crippen LogP contribution in [-0.4, -0.2) is 50.3 Å². The lowest BCUT2D eigenvalue weighted by Gasteiger charge is -2.13. The smallest absolute Gasteiger partial charge is 0.240 e. The molecule has 3 rings (SSSR count). The Morgan fingerprint density at radius 3 is 2.79 bits per heavy atom. The molecular weight excluding hydrogens is 310 g/mol. The molecule has 2 aromatic heterocycles. The minimum Gasteiger partial charge on any atom is -0.355 e. The highest BCUT2D eigenvalue weighted by atomic mass is 16.2. The largest absolute Gasteiger partial charge is 0.355 e. The van der Waals surface area contributed by atoms with Crippen LogP contribution >= 0.6 is 0 Å². The van der Waals surface area contributed by atoms with E-state index in [0.29, 0.717) is 6.54 Å². The molecule has 0 unspecified atom stereocenters. The van der Waals surface area contributed by atoms with Crippen molar-refractivity contribution in [2.45, 2.75) is 32.6 Å². The summed E-state index contributed by atoms with van der Waals surface area (Å²) in [4.78, 5) is 40.1. The van der Waals surface area contributed by atoms with E-state index in [-0.39, 0.29) is 37.1 Å². The van der Waals surface area contributed by atoms with Gasteiger partial charge in [0.2, 0.25) is 17.7 Å². The molecule has 1 saturated heterocycles. The number of aromatic nitrogens is 3. The molecule has 3 heterocycles. The van der Waals surface area contributed by atoms with E-state index in [1.807, 2.05) is 19.2 Å². The molecule has 1 aliphatic rings. The molecule has 1 fully saturated rings. The van der Waals surface area contributed by atoms with Gasteiger partial charge in [0.1, 0.15) is 6.54 Å². The van der Waals surface area contributed by atoms with Gasteiger partial charge in [-0.3, -0.25) is 19.3 Å². The Kier molecular flexibility index (Phi) is 4.54. The molecule has 0 aliphatic carbocycles. The van der Waals surface area contributed by atoms with E-state index in [0.717, 1.165) is 34.6 Å². The van der Waals surface area contributed by atoms with Gasteiger partial charge in [-0.1, -0.05) is 0 Å². The number of amides is 3. The zero-order valence-electron chi connectivity index (χ0n) is 13.5. The van der Waals surface area contributed by atoms with E-state index in [4.69, 9.17) is 0 Å². The molecule has 126 valence electrons. The monoisotopic (exact) mass is 329 g/mol. The Balaban J connectivity index is 1.43. The molecule has 0 bridgehead atoms. The fourth-order valence-electron chi connectivity index (χ4n) is 2.68. The fraction of sp³-hybridized carbons (Fsp3) is 0.438. The van der Waals surface area contributed by atoms with Gasteiger partial charge >= 0.3 is 0 Å². The summed E-state index contributed by atoms with van der Waals surface area (Å²) in [5, 5.41) is 7.05. The quantitative estimate of drug-likeness (QED) is 0.605. The van der Waals surface area contributed by atoms with Crippen molar-refractivity contribution in [2.75, 3.05) is 13.1 Å². The zero-order valence-corrected chi connectivity index (χ0v) is 13.5. The van der Waals surface area contributed by atoms with Gasteiger partial charge in [-0.25, -0.2) is 9.50 Å². The lowest BCUT2D eigenvalue weighted by atomic mass is 10.2. The average Bonchev–Trinajstić information content (AvgIpc) is 3.07. The van der Waals surface area contributed by atoms with Crippen LogP contribution in [0, 0.1) is 6.92 Å². The van der Waals surface area contributed by atoms with E-state index in [1.165, 1.54) is 0 Å². The van der Waals surface area contributed by atoms with Crippen LogP contribution in [0.15, 0.2) is 18.5 Å². The molecule has 0 aromatic carbocycles. The summed E-state index contributed by atoms with van der Waals surface area (Å²) in [7, 11) is 0. The lowest BCUT2D eigenvalue weighted by molar-refractivity contribution is -0.142. The number of fused-ring (bicyclic) bond motifs is 1. The van der Waals surface area contributed by atoms with E-state index in [2.05, 4.69) is 15.4 Å². The number of hydrogen-bond donors (Lipinski definition) is 1. The fourth-order valence-corrected chi connectivity index (χ4v) is 2.68. The van der Waals surface area contributed by atoms with Crippen molar-refractivity contribution in [3.05, 3.63) is 29.7 Å². The molecule has 1 aliphatic heterocycles. The molecule has 0 spiro atoms. The van der Waals surface area contributed by atoms with Crippen LogP contribution in [0.25, 0.3) is 5.65 Å². The maximum Gasteiger partial charge on any atom is 0.240 e. The first-order chi connectivity index (χ1) is 11.5. The van der Waals surface area contributed by atoms with Crippen molar-refractivity contribution in [1.29, 1.82) is 0 Å². The number of aryl methyl sites for hydroxylation is 2. The molecular formula is C16H19N5O3. The van der Waals surface area contributed by atoms with Gasteiger partial charge in [0.05, 0.1) is 5.69 Å². The van der Waals surface area contributed by atoms with E-state index in [1.54, 1.807) is 10.7 Å². The molecule has 1 N–H and O–H groups in total. The maximum atomic E-state index is 11.8. The van der Waals surface area contributed by atoms with Gasteiger partial charge < -0.3 is 5.32 Å². The Morgan fingerprint density at radius 2 is 2.04 bits per heavy atom. The minimum atomic E-state index is -0.310. The Bertz CT molecular complexity index is 782. The van der Waals surface area contributed by atoms with Gasteiger partial charge in [-0.2, -0.15) is 5.10 Å². The molecule has 3 amide bonds. The van der Waals surface area contributed by atoms with Gasteiger partial charge in [-0.05, 0) is 25.3 Å². The number of imide groups is 1. The Hall–Kier alpha value is -2.77. The van der Waals surface area contributed by atoms with E-state index >= 15 is 0 Å². The Morgan fingerprint density at radius 1 is 1.29 bits per heavy atom. The van der Waals surface area contributed by atoms with Gasteiger partial charge in [0.25, 0.3) is 0 Å². The SMILES string of the molecule is Cc1cc2ncc(CCCNC(=O)CN3C(=O)CCC3=O)cn2n1. The summed E-state index contributed by atoms with van der Waals surface area (Å²) in [5.41, 5.74) is 2.76. The molecule has 0 atom stereocenters. The second-order valence-corrected chi connectivity index (χ2v) is 5.88. The normalized spacial score (nSPS) is 14.6. The number of nitrogens with one attached hydrogen (secondary N) is 1. The summed E-state index contributed by atoms with van der Waals surface area (Å²) in [6.45, 7) is 2.21. The number of carbonyl (C=O) groups excluding carboxylic acids is 3. The van der Waals surface area contributed by atoms with Crippen molar-refractivity contribution in [2.24, 2.45) is 0 Å². The van der Waals surface area contributed by atoms with Crippen LogP contribution in [0.3, 0.4) is 0 Å². The molecule has 2 aromatic rings. The third-order valence-electron chi connectivity index (χ3n) is 3.91. The van der Waals surface area contributed by atoms with Crippen LogP contribution in [-0.2, 0) is 20.8 Å². The summed E-state index contributed by atoms with van der Waals surface area (Å²) >= 11 is 0. The number of rotatable bonds is 6. The van der Waals surface area contributed by atoms with Crippen LogP contribution in [0.5, 0.6) is 0 Å². The number of likely N-dealkylation sites (tertiary alicyclic amines) is 1. The Labute approximate surface area is 138 Å². The van der Waals surface area contributed by atoms with Crippen molar-refractivity contribution < 1.29 is 14.4 Å². The summed E-state index contributed by atoms with van der Waals surface area (Å²) in [6, 6.07) is 1.91. The average molecular weight is 329 g/mol. The van der Waals surface area contributed by atoms with Crippen LogP contribution in [0.1, 0.15) is 30.5 Å². The highest BCUT2D eigenvalue weighted by Gasteiger charge is 2.30. The number of nitrogens with zero attached hydrogens (tertiary/aromatic N) is 4. The molecule has 8 heteroatoms. The summed E-state index contributed by atoms with van der Waals surface area (Å²) < 4.78 is 1.74. The summed E-state index contributed by atoms with van der Waals surface area (Å²) in [5.74, 6) is -0.858. The zero-order chi connectivity index (χ0) is 17.1. The highest BCUT2D eigenvalue weighted by Crippen LogP contribution is 2.10. The first-order valence-electron chi connectivity index (χ1n) is 7.94. The number of carbonyl (C=O) groups is 3. The first kappa shape index (κ1) is 16.1. The standard InChI is InChI=1S/C16H19N5O3/c1-11-7-13-18-8-12(9-21(13)19-11)3-2-6-17-14(22)10-20-15(23)4-5-16(20)24/h7-9H,2-6,10H2,1H3,(H,17,22). The molecule has 8 nitrogen and oxygen atoms in total.